The number of aromatic hydroxyl groups is 1. The highest BCUT2D eigenvalue weighted by atomic mass is 35.5. The summed E-state index contributed by atoms with van der Waals surface area (Å²) < 4.78 is 5.02. The molecule has 0 unspecified atom stereocenters. The number of nitrogens with one attached hydrogen (secondary N) is 1. The van der Waals surface area contributed by atoms with Crippen molar-refractivity contribution >= 4 is 18.3 Å². The summed E-state index contributed by atoms with van der Waals surface area (Å²) in [5.74, 6) is 0.729. The summed E-state index contributed by atoms with van der Waals surface area (Å²) in [4.78, 5) is 16.0. The number of hydrogen-bond acceptors (Lipinski definition) is 5. The van der Waals surface area contributed by atoms with Gasteiger partial charge in [0.2, 0.25) is 5.91 Å². The fourth-order valence-corrected chi connectivity index (χ4v) is 2.45. The van der Waals surface area contributed by atoms with E-state index < -0.39 is 0 Å². The van der Waals surface area contributed by atoms with Crippen molar-refractivity contribution in [2.24, 2.45) is 0 Å². The van der Waals surface area contributed by atoms with Gasteiger partial charge in [-0.2, -0.15) is 0 Å². The van der Waals surface area contributed by atoms with E-state index in [-0.39, 0.29) is 24.1 Å². The zero-order valence-electron chi connectivity index (χ0n) is 13.0. The molecule has 1 amide bonds. The number of methoxy groups -OCH3 is 1. The van der Waals surface area contributed by atoms with Gasteiger partial charge in [0.05, 0.1) is 13.7 Å². The second-order valence-electron chi connectivity index (χ2n) is 5.31. The summed E-state index contributed by atoms with van der Waals surface area (Å²) in [5.41, 5.74) is 0.948. The summed E-state index contributed by atoms with van der Waals surface area (Å²) in [7, 11) is 3.42. The number of amides is 1. The molecule has 2 rings (SSSR count). The molecule has 22 heavy (non-hydrogen) atoms. The highest BCUT2D eigenvalue weighted by Gasteiger charge is 2.17. The maximum atomic E-state index is 12.2. The average molecular weight is 330 g/mol. The number of nitrogens with zero attached hydrogens (tertiary/aromatic N) is 2. The van der Waals surface area contributed by atoms with Crippen LogP contribution in [0.15, 0.2) is 18.2 Å². The van der Waals surface area contributed by atoms with E-state index in [1.807, 2.05) is 22.9 Å². The number of carbonyl (C=O) groups excluding carboxylic acids is 1. The number of likely N-dealkylation sites (N-methyl/N-ethyl adjacent to an activating group) is 1. The molecule has 124 valence electrons. The van der Waals surface area contributed by atoms with Gasteiger partial charge in [-0.3, -0.25) is 9.69 Å². The standard InChI is InChI=1S/C15H23N3O3.ClH/c1-17(11-15(20)18-7-5-16-6-8-18)10-12-3-4-14(21-2)13(19)9-12;/h3-4,9,16,19H,5-8,10-11H2,1-2H3;1H. The van der Waals surface area contributed by atoms with Gasteiger partial charge in [0, 0.05) is 32.7 Å². The Morgan fingerprint density at radius 3 is 2.68 bits per heavy atom. The molecule has 0 saturated carbocycles. The van der Waals surface area contributed by atoms with Gasteiger partial charge in [-0.25, -0.2) is 0 Å². The van der Waals surface area contributed by atoms with Crippen molar-refractivity contribution in [1.29, 1.82) is 0 Å². The molecule has 1 fully saturated rings. The molecular weight excluding hydrogens is 306 g/mol. The van der Waals surface area contributed by atoms with Crippen LogP contribution in [0.5, 0.6) is 11.5 Å². The Bertz CT molecular complexity index is 493. The summed E-state index contributed by atoms with van der Waals surface area (Å²) >= 11 is 0. The van der Waals surface area contributed by atoms with Crippen LogP contribution >= 0.6 is 12.4 Å². The van der Waals surface area contributed by atoms with E-state index >= 15 is 0 Å². The Kier molecular flexibility index (Phi) is 7.44. The molecule has 0 radical (unpaired) electrons. The highest BCUT2D eigenvalue weighted by molar-refractivity contribution is 5.85. The van der Waals surface area contributed by atoms with Crippen molar-refractivity contribution in [3.8, 4) is 11.5 Å². The fourth-order valence-electron chi connectivity index (χ4n) is 2.45. The van der Waals surface area contributed by atoms with E-state index in [9.17, 15) is 9.90 Å². The summed E-state index contributed by atoms with van der Waals surface area (Å²) in [6.07, 6.45) is 0. The first kappa shape index (κ1) is 18.5. The van der Waals surface area contributed by atoms with E-state index in [1.54, 1.807) is 12.1 Å². The minimum Gasteiger partial charge on any atom is -0.504 e. The van der Waals surface area contributed by atoms with Gasteiger partial charge in [0.25, 0.3) is 0 Å². The Hall–Kier alpha value is -1.50. The first-order chi connectivity index (χ1) is 10.1. The van der Waals surface area contributed by atoms with E-state index in [2.05, 4.69) is 5.32 Å². The summed E-state index contributed by atoms with van der Waals surface area (Å²) in [6.45, 7) is 4.26. The Morgan fingerprint density at radius 1 is 1.41 bits per heavy atom. The minimum absolute atomic E-state index is 0. The number of hydrogen-bond donors (Lipinski definition) is 2. The first-order valence-corrected chi connectivity index (χ1v) is 7.13. The SMILES string of the molecule is COc1ccc(CN(C)CC(=O)N2CCNCC2)cc1O.Cl. The third kappa shape index (κ3) is 5.05. The Morgan fingerprint density at radius 2 is 2.09 bits per heavy atom. The molecule has 0 atom stereocenters. The monoisotopic (exact) mass is 329 g/mol. The zero-order chi connectivity index (χ0) is 15.2. The smallest absolute Gasteiger partial charge is 0.236 e. The van der Waals surface area contributed by atoms with Crippen LogP contribution in [0.4, 0.5) is 0 Å². The molecule has 7 heteroatoms. The average Bonchev–Trinajstić information content (AvgIpc) is 2.48. The number of benzene rings is 1. The topological polar surface area (TPSA) is 65.0 Å². The summed E-state index contributed by atoms with van der Waals surface area (Å²) in [5, 5.41) is 13.0. The Labute approximate surface area is 137 Å². The predicted molar refractivity (Wildman–Crippen MR) is 87.7 cm³/mol. The molecule has 2 N–H and O–H groups in total. The van der Waals surface area contributed by atoms with Crippen LogP contribution in [0.2, 0.25) is 0 Å². The van der Waals surface area contributed by atoms with Crippen LogP contribution in [-0.2, 0) is 11.3 Å². The van der Waals surface area contributed by atoms with Crippen molar-refractivity contribution in [2.75, 3.05) is 46.9 Å². The lowest BCUT2D eigenvalue weighted by molar-refractivity contribution is -0.132. The molecule has 1 aliphatic heterocycles. The van der Waals surface area contributed by atoms with Gasteiger partial charge in [0.1, 0.15) is 0 Å². The molecule has 1 aromatic carbocycles. The van der Waals surface area contributed by atoms with Gasteiger partial charge in [-0.05, 0) is 24.7 Å². The van der Waals surface area contributed by atoms with E-state index in [4.69, 9.17) is 4.74 Å². The van der Waals surface area contributed by atoms with Crippen molar-refractivity contribution < 1.29 is 14.6 Å². The number of phenols is 1. The van der Waals surface area contributed by atoms with E-state index in [0.717, 1.165) is 31.7 Å². The van der Waals surface area contributed by atoms with Crippen LogP contribution in [0.3, 0.4) is 0 Å². The maximum absolute atomic E-state index is 12.2. The van der Waals surface area contributed by atoms with Crippen LogP contribution in [0, 0.1) is 0 Å². The third-order valence-corrected chi connectivity index (χ3v) is 3.57. The number of ether oxygens (including phenoxy) is 1. The van der Waals surface area contributed by atoms with Gasteiger partial charge < -0.3 is 20.1 Å². The largest absolute Gasteiger partial charge is 0.504 e. The van der Waals surface area contributed by atoms with Gasteiger partial charge in [-0.15, -0.1) is 12.4 Å². The zero-order valence-corrected chi connectivity index (χ0v) is 13.9. The van der Waals surface area contributed by atoms with Crippen molar-refractivity contribution in [2.45, 2.75) is 6.54 Å². The first-order valence-electron chi connectivity index (χ1n) is 7.13. The fraction of sp³-hybridized carbons (Fsp3) is 0.533. The van der Waals surface area contributed by atoms with Crippen LogP contribution < -0.4 is 10.1 Å². The number of halogens is 1. The molecule has 1 heterocycles. The molecule has 0 aromatic heterocycles. The molecular formula is C15H24ClN3O3. The normalized spacial score (nSPS) is 14.6. The number of phenolic OH excluding ortho intramolecular Hbond substituents is 1. The van der Waals surface area contributed by atoms with Crippen LogP contribution in [0.1, 0.15) is 5.56 Å². The lowest BCUT2D eigenvalue weighted by atomic mass is 10.2. The van der Waals surface area contributed by atoms with Gasteiger partial charge in [0.15, 0.2) is 11.5 Å². The van der Waals surface area contributed by atoms with Crippen molar-refractivity contribution in [1.82, 2.24) is 15.1 Å². The van der Waals surface area contributed by atoms with E-state index in [0.29, 0.717) is 18.8 Å². The lowest BCUT2D eigenvalue weighted by Crippen LogP contribution is -2.49. The minimum atomic E-state index is 0. The molecule has 1 aliphatic rings. The molecule has 1 aromatic rings. The predicted octanol–water partition coefficient (Wildman–Crippen LogP) is 0.686. The Balaban J connectivity index is 0.00000242. The molecule has 1 saturated heterocycles. The molecule has 6 nitrogen and oxygen atoms in total. The second-order valence-corrected chi connectivity index (χ2v) is 5.31. The molecule has 0 spiro atoms. The second kappa shape index (κ2) is 8.82. The number of rotatable bonds is 5. The molecule has 0 aliphatic carbocycles. The van der Waals surface area contributed by atoms with Gasteiger partial charge >= 0.3 is 0 Å². The van der Waals surface area contributed by atoms with Crippen molar-refractivity contribution in [3.63, 3.8) is 0 Å². The lowest BCUT2D eigenvalue weighted by Gasteiger charge is -2.29. The summed E-state index contributed by atoms with van der Waals surface area (Å²) in [6, 6.07) is 5.30. The van der Waals surface area contributed by atoms with Crippen LogP contribution in [-0.4, -0.2) is 67.7 Å². The van der Waals surface area contributed by atoms with Crippen LogP contribution in [0.25, 0.3) is 0 Å². The van der Waals surface area contributed by atoms with E-state index in [1.165, 1.54) is 7.11 Å². The maximum Gasteiger partial charge on any atom is 0.236 e. The van der Waals surface area contributed by atoms with Gasteiger partial charge in [-0.1, -0.05) is 6.07 Å². The number of carbonyl (C=O) groups is 1. The quantitative estimate of drug-likeness (QED) is 0.832. The molecule has 0 bridgehead atoms. The number of piperazine rings is 1. The highest BCUT2D eigenvalue weighted by Crippen LogP contribution is 2.26. The van der Waals surface area contributed by atoms with Crippen molar-refractivity contribution in [3.05, 3.63) is 23.8 Å². The third-order valence-electron chi connectivity index (χ3n) is 3.57.